The molecule has 0 atom stereocenters. The van der Waals surface area contributed by atoms with E-state index in [2.05, 4.69) is 15.6 Å². The smallest absolute Gasteiger partial charge is 0.167 e. The summed E-state index contributed by atoms with van der Waals surface area (Å²) in [5.41, 5.74) is 0.923. The number of para-hydroxylation sites is 1. The van der Waals surface area contributed by atoms with Gasteiger partial charge in [0.15, 0.2) is 5.75 Å². The van der Waals surface area contributed by atoms with Crippen LogP contribution in [0.5, 0.6) is 5.75 Å². The number of hydrogen-bond donors (Lipinski definition) is 0. The van der Waals surface area contributed by atoms with Crippen molar-refractivity contribution in [2.75, 3.05) is 0 Å². The highest BCUT2D eigenvalue weighted by Crippen LogP contribution is 2.19. The molecule has 0 amide bonds. The lowest BCUT2D eigenvalue weighted by Crippen LogP contribution is -1.84. The molecule has 0 aliphatic carbocycles. The quantitative estimate of drug-likeness (QED) is 0.684. The molecule has 0 spiro atoms. The first-order valence-electron chi connectivity index (χ1n) is 5.83. The van der Waals surface area contributed by atoms with Crippen molar-refractivity contribution in [1.82, 2.24) is 0 Å². The van der Waals surface area contributed by atoms with E-state index in [1.54, 1.807) is 6.08 Å². The number of hydrogen-bond acceptors (Lipinski definition) is 4. The molecule has 0 saturated carbocycles. The van der Waals surface area contributed by atoms with Crippen molar-refractivity contribution in [2.24, 2.45) is 15.6 Å². The maximum atomic E-state index is 5.19. The van der Waals surface area contributed by atoms with Gasteiger partial charge in [0.25, 0.3) is 0 Å². The van der Waals surface area contributed by atoms with Crippen LogP contribution in [0.2, 0.25) is 0 Å². The van der Waals surface area contributed by atoms with Crippen molar-refractivity contribution >= 4 is 12.3 Å². The molecule has 0 N–H and O–H groups in total. The van der Waals surface area contributed by atoms with Gasteiger partial charge in [-0.3, -0.25) is 0 Å². The van der Waals surface area contributed by atoms with Crippen LogP contribution in [0.1, 0.15) is 5.56 Å². The van der Waals surface area contributed by atoms with Crippen molar-refractivity contribution in [3.8, 4) is 5.75 Å². The van der Waals surface area contributed by atoms with Gasteiger partial charge in [0, 0.05) is 5.56 Å². The Morgan fingerprint density at radius 2 is 1.53 bits per heavy atom. The van der Waals surface area contributed by atoms with E-state index in [9.17, 15) is 0 Å². The Bertz CT molecular complexity index is 581. The molecule has 0 unspecified atom stereocenters. The highest BCUT2D eigenvalue weighted by molar-refractivity contribution is 5.71. The molecule has 0 radical (unpaired) electrons. The lowest BCUT2D eigenvalue weighted by molar-refractivity contribution is 0.305. The molecule has 1 aromatic carbocycles. The zero-order chi connectivity index (χ0) is 13.2. The molecule has 1 aliphatic heterocycles. The van der Waals surface area contributed by atoms with Crippen molar-refractivity contribution in [3.63, 3.8) is 0 Å². The number of fused-ring (bicyclic) bond motifs is 1. The van der Waals surface area contributed by atoms with Gasteiger partial charge >= 0.3 is 0 Å². The van der Waals surface area contributed by atoms with Gasteiger partial charge in [-0.1, -0.05) is 60.7 Å². The molecule has 1 heterocycles. The van der Waals surface area contributed by atoms with Crippen molar-refractivity contribution < 1.29 is 4.84 Å². The van der Waals surface area contributed by atoms with Gasteiger partial charge in [0.05, 0.1) is 11.5 Å². The average molecular weight is 251 g/mol. The van der Waals surface area contributed by atoms with Crippen LogP contribution in [0.25, 0.3) is 6.08 Å². The van der Waals surface area contributed by atoms with Crippen LogP contribution in [0.4, 0.5) is 0 Å². The molecule has 4 nitrogen and oxygen atoms in total. The predicted octanol–water partition coefficient (Wildman–Crippen LogP) is 4.11. The zero-order valence-electron chi connectivity index (χ0n) is 10.3. The third-order valence-electron chi connectivity index (χ3n) is 2.24. The third-order valence-corrected chi connectivity index (χ3v) is 2.24. The van der Waals surface area contributed by atoms with Crippen LogP contribution in [0.15, 0.2) is 82.4 Å². The van der Waals surface area contributed by atoms with Gasteiger partial charge in [0.2, 0.25) is 0 Å². The largest absolute Gasteiger partial charge is 0.337 e. The zero-order valence-corrected chi connectivity index (χ0v) is 10.3. The number of allylic oxidation sites excluding steroid dienone is 7. The topological polar surface area (TPSA) is 46.3 Å². The van der Waals surface area contributed by atoms with E-state index in [0.29, 0.717) is 5.75 Å². The summed E-state index contributed by atoms with van der Waals surface area (Å²) in [5, 5.41) is 10.8. The maximum absolute atomic E-state index is 5.19. The van der Waals surface area contributed by atoms with Gasteiger partial charge < -0.3 is 4.84 Å². The molecule has 0 saturated heterocycles. The lowest BCUT2D eigenvalue weighted by atomic mass is 10.2. The Morgan fingerprint density at radius 3 is 2.42 bits per heavy atom. The van der Waals surface area contributed by atoms with Gasteiger partial charge in [-0.15, -0.1) is 5.10 Å². The standard InChI is InChI=1S/C15H13N3O/c1-2-4-6-10-14-11-7-8-12-15(14)19-18-17-16-13-9-5-3-1/h1-13H. The van der Waals surface area contributed by atoms with Gasteiger partial charge in [-0.05, 0) is 17.4 Å². The number of benzene rings is 1. The molecular weight excluding hydrogens is 238 g/mol. The van der Waals surface area contributed by atoms with Gasteiger partial charge in [-0.25, -0.2) is 0 Å². The number of rotatable bonds is 0. The minimum Gasteiger partial charge on any atom is -0.337 e. The summed E-state index contributed by atoms with van der Waals surface area (Å²) in [6.07, 6.45) is 16.7. The van der Waals surface area contributed by atoms with Crippen LogP contribution < -0.4 is 4.84 Å². The minimum atomic E-state index is 0.632. The fraction of sp³-hybridized carbons (Fsp3) is 0. The van der Waals surface area contributed by atoms with E-state index in [1.165, 1.54) is 6.21 Å². The normalized spacial score (nSPS) is 14.5. The summed E-state index contributed by atoms with van der Waals surface area (Å²) in [7, 11) is 0. The molecule has 0 bridgehead atoms. The first-order valence-corrected chi connectivity index (χ1v) is 5.83. The second kappa shape index (κ2) is 7.55. The van der Waals surface area contributed by atoms with E-state index in [-0.39, 0.29) is 0 Å². The SMILES string of the molecule is C1=CC=CC=NN=NOc2ccccc2C=CC=C1. The minimum absolute atomic E-state index is 0.632. The van der Waals surface area contributed by atoms with Gasteiger partial charge in [0.1, 0.15) is 0 Å². The Hall–Kier alpha value is -2.75. The number of nitrogens with zero attached hydrogens (tertiary/aromatic N) is 3. The van der Waals surface area contributed by atoms with Crippen LogP contribution in [0, 0.1) is 0 Å². The Kier molecular flexibility index (Phi) is 5.05. The Labute approximate surface area is 111 Å². The first kappa shape index (κ1) is 12.7. The third kappa shape index (κ3) is 4.55. The highest BCUT2D eigenvalue weighted by Gasteiger charge is 1.98. The second-order valence-electron chi connectivity index (χ2n) is 3.58. The lowest BCUT2D eigenvalue weighted by Gasteiger charge is -2.00. The summed E-state index contributed by atoms with van der Waals surface area (Å²) < 4.78 is 0. The molecule has 1 aliphatic rings. The fourth-order valence-electron chi connectivity index (χ4n) is 1.38. The molecule has 2 rings (SSSR count). The maximum Gasteiger partial charge on any atom is 0.167 e. The molecule has 19 heavy (non-hydrogen) atoms. The van der Waals surface area contributed by atoms with Gasteiger partial charge in [-0.2, -0.15) is 0 Å². The first-order chi connectivity index (χ1) is 9.47. The Morgan fingerprint density at radius 1 is 0.789 bits per heavy atom. The van der Waals surface area contributed by atoms with Crippen LogP contribution in [-0.4, -0.2) is 6.21 Å². The summed E-state index contributed by atoms with van der Waals surface area (Å²) in [6, 6.07) is 7.57. The van der Waals surface area contributed by atoms with Crippen molar-refractivity contribution in [3.05, 3.63) is 72.4 Å². The van der Waals surface area contributed by atoms with E-state index in [0.717, 1.165) is 5.56 Å². The second-order valence-corrected chi connectivity index (χ2v) is 3.58. The summed E-state index contributed by atoms with van der Waals surface area (Å²) in [6.45, 7) is 0. The van der Waals surface area contributed by atoms with E-state index >= 15 is 0 Å². The van der Waals surface area contributed by atoms with E-state index < -0.39 is 0 Å². The molecule has 94 valence electrons. The highest BCUT2D eigenvalue weighted by atomic mass is 16.6. The van der Waals surface area contributed by atoms with Crippen molar-refractivity contribution in [1.29, 1.82) is 0 Å². The monoisotopic (exact) mass is 251 g/mol. The summed E-state index contributed by atoms with van der Waals surface area (Å²) >= 11 is 0. The van der Waals surface area contributed by atoms with E-state index in [1.807, 2.05) is 66.8 Å². The fourth-order valence-corrected chi connectivity index (χ4v) is 1.38. The van der Waals surface area contributed by atoms with Crippen molar-refractivity contribution in [2.45, 2.75) is 0 Å². The predicted molar refractivity (Wildman–Crippen MR) is 76.9 cm³/mol. The van der Waals surface area contributed by atoms with Crippen LogP contribution >= 0.6 is 0 Å². The molecule has 4 heteroatoms. The van der Waals surface area contributed by atoms with E-state index in [4.69, 9.17) is 4.84 Å². The molecule has 1 aromatic rings. The summed E-state index contributed by atoms with van der Waals surface area (Å²) in [4.78, 5) is 5.19. The molecular formula is C15H13N3O. The van der Waals surface area contributed by atoms with Crippen LogP contribution in [-0.2, 0) is 0 Å². The summed E-state index contributed by atoms with van der Waals surface area (Å²) in [5.74, 6) is 0.632. The molecule has 0 fully saturated rings. The molecule has 0 aromatic heterocycles. The Balaban J connectivity index is 2.26. The van der Waals surface area contributed by atoms with Crippen LogP contribution in [0.3, 0.4) is 0 Å². The average Bonchev–Trinajstić information content (AvgIpc) is 2.45.